The third-order valence-electron chi connectivity index (χ3n) is 4.00. The number of likely N-dealkylation sites (N-methyl/N-ethyl adjacent to an activating group) is 1. The summed E-state index contributed by atoms with van der Waals surface area (Å²) < 4.78 is 0. The molecular weight excluding hydrogens is 290 g/mol. The number of aliphatic hydroxyl groups excluding tert-OH is 1. The summed E-state index contributed by atoms with van der Waals surface area (Å²) in [5.41, 5.74) is 0.718. The number of amides is 1. The van der Waals surface area contributed by atoms with Crippen LogP contribution in [-0.4, -0.2) is 46.1 Å². The van der Waals surface area contributed by atoms with E-state index in [4.69, 9.17) is 0 Å². The normalized spacial score (nSPS) is 24.7. The van der Waals surface area contributed by atoms with Crippen molar-refractivity contribution in [3.63, 3.8) is 0 Å². The van der Waals surface area contributed by atoms with E-state index in [0.29, 0.717) is 29.6 Å². The highest BCUT2D eigenvalue weighted by Gasteiger charge is 2.40. The molecule has 1 aliphatic carbocycles. The van der Waals surface area contributed by atoms with E-state index in [1.54, 1.807) is 9.80 Å². The fraction of sp³-hybridized carbons (Fsp3) is 0.643. The van der Waals surface area contributed by atoms with Crippen LogP contribution in [0.2, 0.25) is 0 Å². The molecule has 1 aromatic heterocycles. The molecule has 1 fully saturated rings. The predicted octanol–water partition coefficient (Wildman–Crippen LogP) is 1.24. The zero-order valence-corrected chi connectivity index (χ0v) is 13.2. The number of carbonyl (C=O) groups excluding carboxylic acids is 2. The Kier molecular flexibility index (Phi) is 3.29. The molecule has 2 aliphatic rings. The van der Waals surface area contributed by atoms with Crippen LogP contribution in [-0.2, 0) is 11.2 Å². The number of carbonyl (C=O) groups is 2. The first-order valence-electron chi connectivity index (χ1n) is 7.09. The van der Waals surface area contributed by atoms with E-state index in [2.05, 4.69) is 18.8 Å². The molecule has 1 aliphatic heterocycles. The number of ketones is 1. The predicted molar refractivity (Wildman–Crippen MR) is 79.3 cm³/mol. The highest BCUT2D eigenvalue weighted by atomic mass is 32.1. The van der Waals surface area contributed by atoms with Crippen LogP contribution in [0.1, 0.15) is 42.6 Å². The zero-order valence-electron chi connectivity index (χ0n) is 12.4. The second-order valence-electron chi connectivity index (χ2n) is 6.39. The van der Waals surface area contributed by atoms with Gasteiger partial charge in [0.15, 0.2) is 10.9 Å². The third kappa shape index (κ3) is 2.34. The average molecular weight is 309 g/mol. The molecule has 3 rings (SSSR count). The Labute approximate surface area is 127 Å². The summed E-state index contributed by atoms with van der Waals surface area (Å²) in [5, 5.41) is 10.6. The van der Waals surface area contributed by atoms with Gasteiger partial charge in [0.25, 0.3) is 5.91 Å². The Morgan fingerprint density at radius 1 is 1.38 bits per heavy atom. The van der Waals surface area contributed by atoms with Crippen molar-refractivity contribution < 1.29 is 14.7 Å². The molecule has 1 amide bonds. The Hall–Kier alpha value is -1.47. The molecule has 0 saturated carbocycles. The Balaban J connectivity index is 1.93. The van der Waals surface area contributed by atoms with Gasteiger partial charge in [0.2, 0.25) is 6.23 Å². The van der Waals surface area contributed by atoms with Crippen LogP contribution in [0.3, 0.4) is 0 Å². The molecule has 1 atom stereocenters. The lowest BCUT2D eigenvalue weighted by Gasteiger charge is -2.26. The summed E-state index contributed by atoms with van der Waals surface area (Å²) in [4.78, 5) is 32.4. The molecule has 1 aromatic rings. The van der Waals surface area contributed by atoms with Crippen LogP contribution in [0.4, 0.5) is 5.13 Å². The summed E-state index contributed by atoms with van der Waals surface area (Å²) in [5.74, 6) is -0.199. The maximum absolute atomic E-state index is 12.2. The quantitative estimate of drug-likeness (QED) is 0.890. The maximum atomic E-state index is 12.2. The number of aromatic nitrogens is 1. The van der Waals surface area contributed by atoms with Crippen LogP contribution < -0.4 is 4.90 Å². The molecule has 0 spiro atoms. The monoisotopic (exact) mass is 309 g/mol. The first-order chi connectivity index (χ1) is 9.82. The highest BCUT2D eigenvalue weighted by molar-refractivity contribution is 7.17. The van der Waals surface area contributed by atoms with Gasteiger partial charge in [0.1, 0.15) is 0 Å². The Morgan fingerprint density at radius 2 is 2.10 bits per heavy atom. The molecule has 0 aromatic carbocycles. The van der Waals surface area contributed by atoms with E-state index in [1.807, 2.05) is 6.92 Å². The van der Waals surface area contributed by atoms with Crippen molar-refractivity contribution in [1.82, 2.24) is 9.88 Å². The number of hydrogen-bond acceptors (Lipinski definition) is 6. The first-order valence-corrected chi connectivity index (χ1v) is 7.90. The van der Waals surface area contributed by atoms with Gasteiger partial charge in [-0.2, -0.15) is 0 Å². The van der Waals surface area contributed by atoms with Crippen molar-refractivity contribution in [3.05, 3.63) is 10.6 Å². The molecular formula is C14H19N3O3S. The van der Waals surface area contributed by atoms with E-state index < -0.39 is 6.23 Å². The molecule has 0 radical (unpaired) electrons. The summed E-state index contributed by atoms with van der Waals surface area (Å²) in [6.07, 6.45) is 0.0742. The smallest absolute Gasteiger partial charge is 0.274 e. The molecule has 1 saturated heterocycles. The lowest BCUT2D eigenvalue weighted by Crippen LogP contribution is -2.32. The molecule has 1 N–H and O–H groups in total. The van der Waals surface area contributed by atoms with E-state index in [0.717, 1.165) is 12.1 Å². The van der Waals surface area contributed by atoms with Gasteiger partial charge in [-0.15, -0.1) is 0 Å². The van der Waals surface area contributed by atoms with Crippen molar-refractivity contribution in [2.24, 2.45) is 5.41 Å². The molecule has 6 nitrogen and oxygen atoms in total. The van der Waals surface area contributed by atoms with Crippen molar-refractivity contribution in [2.75, 3.05) is 18.1 Å². The van der Waals surface area contributed by atoms with Crippen molar-refractivity contribution >= 4 is 28.2 Å². The van der Waals surface area contributed by atoms with Crippen molar-refractivity contribution in [3.8, 4) is 0 Å². The summed E-state index contributed by atoms with van der Waals surface area (Å²) in [6.45, 7) is 6.84. The minimum Gasteiger partial charge on any atom is -0.365 e. The minimum atomic E-state index is -1.19. The van der Waals surface area contributed by atoms with Gasteiger partial charge < -0.3 is 10.0 Å². The topological polar surface area (TPSA) is 73.7 Å². The van der Waals surface area contributed by atoms with Crippen molar-refractivity contribution in [2.45, 2.75) is 39.8 Å². The van der Waals surface area contributed by atoms with Crippen LogP contribution in [0.25, 0.3) is 0 Å². The van der Waals surface area contributed by atoms with E-state index in [1.165, 1.54) is 11.3 Å². The van der Waals surface area contributed by atoms with Gasteiger partial charge in [-0.25, -0.2) is 4.98 Å². The number of Topliss-reactive ketones (excluding diaryl/α,β-unsaturated/α-hetero) is 1. The van der Waals surface area contributed by atoms with Gasteiger partial charge >= 0.3 is 0 Å². The molecule has 21 heavy (non-hydrogen) atoms. The molecule has 2 heterocycles. The zero-order chi connectivity index (χ0) is 15.4. The fourth-order valence-corrected chi connectivity index (χ4v) is 3.91. The van der Waals surface area contributed by atoms with Gasteiger partial charge in [-0.3, -0.25) is 14.5 Å². The van der Waals surface area contributed by atoms with Gasteiger partial charge in [0.05, 0.1) is 17.2 Å². The molecule has 114 valence electrons. The highest BCUT2D eigenvalue weighted by Crippen LogP contribution is 2.40. The number of hydrogen-bond donors (Lipinski definition) is 1. The standard InChI is InChI=1S/C14H19N3O3S/c1-4-16-7-17(12(20)11(16)19)13-15-8-5-14(2,3)6-9(18)10(8)21-13/h12,20H,4-7H2,1-3H3. The molecule has 1 unspecified atom stereocenters. The number of rotatable bonds is 2. The summed E-state index contributed by atoms with van der Waals surface area (Å²) >= 11 is 1.29. The van der Waals surface area contributed by atoms with E-state index in [9.17, 15) is 14.7 Å². The summed E-state index contributed by atoms with van der Waals surface area (Å²) in [6, 6.07) is 0. The van der Waals surface area contributed by atoms with Crippen LogP contribution >= 0.6 is 11.3 Å². The van der Waals surface area contributed by atoms with Gasteiger partial charge in [-0.1, -0.05) is 25.2 Å². The third-order valence-corrected chi connectivity index (χ3v) is 5.18. The lowest BCUT2D eigenvalue weighted by atomic mass is 9.78. The SMILES string of the molecule is CCN1CN(c2nc3c(s2)C(=O)CC(C)(C)C3)C(O)C1=O. The largest absolute Gasteiger partial charge is 0.365 e. The Morgan fingerprint density at radius 3 is 2.71 bits per heavy atom. The number of aliphatic hydroxyl groups is 1. The van der Waals surface area contributed by atoms with Crippen molar-refractivity contribution in [1.29, 1.82) is 0 Å². The lowest BCUT2D eigenvalue weighted by molar-refractivity contribution is -0.134. The van der Waals surface area contributed by atoms with Crippen LogP contribution in [0.5, 0.6) is 0 Å². The Bertz CT molecular complexity index is 611. The number of nitrogens with zero attached hydrogens (tertiary/aromatic N) is 3. The van der Waals surface area contributed by atoms with Gasteiger partial charge in [-0.05, 0) is 18.8 Å². The summed E-state index contributed by atoms with van der Waals surface area (Å²) in [7, 11) is 0. The van der Waals surface area contributed by atoms with Crippen LogP contribution in [0.15, 0.2) is 0 Å². The second kappa shape index (κ2) is 4.78. The van der Waals surface area contributed by atoms with Gasteiger partial charge in [0, 0.05) is 13.0 Å². The van der Waals surface area contributed by atoms with E-state index >= 15 is 0 Å². The minimum absolute atomic E-state index is 0.0790. The molecule has 7 heteroatoms. The average Bonchev–Trinajstić information content (AvgIpc) is 2.91. The van der Waals surface area contributed by atoms with Crippen LogP contribution in [0, 0.1) is 5.41 Å². The number of anilines is 1. The second-order valence-corrected chi connectivity index (χ2v) is 7.37. The number of thiazole rings is 1. The molecule has 0 bridgehead atoms. The number of fused-ring (bicyclic) bond motifs is 1. The maximum Gasteiger partial charge on any atom is 0.274 e. The van der Waals surface area contributed by atoms with E-state index in [-0.39, 0.29) is 17.1 Å². The fourth-order valence-electron chi connectivity index (χ4n) is 2.88. The first kappa shape index (κ1) is 14.5.